The summed E-state index contributed by atoms with van der Waals surface area (Å²) < 4.78 is 6.90. The van der Waals surface area contributed by atoms with Gasteiger partial charge < -0.3 is 9.32 Å². The molecule has 0 saturated carbocycles. The molecule has 0 fully saturated rings. The quantitative estimate of drug-likeness (QED) is 0.151. The number of hydrogen-bond acceptors (Lipinski definition) is 2. The summed E-state index contributed by atoms with van der Waals surface area (Å²) in [6, 6.07) is 95.0. The van der Waals surface area contributed by atoms with Crippen LogP contribution in [-0.4, -0.2) is 0 Å². The normalized spacial score (nSPS) is 12.6. The molecular formula is C65H43NO. The van der Waals surface area contributed by atoms with Crippen LogP contribution in [0.4, 0.5) is 17.1 Å². The van der Waals surface area contributed by atoms with Crippen molar-refractivity contribution in [1.29, 1.82) is 0 Å². The average molecular weight is 854 g/mol. The van der Waals surface area contributed by atoms with E-state index in [-0.39, 0.29) is 0 Å². The van der Waals surface area contributed by atoms with Crippen molar-refractivity contribution in [2.45, 2.75) is 5.41 Å². The molecule has 0 spiro atoms. The average Bonchev–Trinajstić information content (AvgIpc) is 3.92. The largest absolute Gasteiger partial charge is 0.455 e. The van der Waals surface area contributed by atoms with Gasteiger partial charge in [-0.2, -0.15) is 0 Å². The Morgan fingerprint density at radius 1 is 0.313 bits per heavy atom. The van der Waals surface area contributed by atoms with Crippen LogP contribution in [0.25, 0.3) is 77.2 Å². The van der Waals surface area contributed by atoms with Crippen molar-refractivity contribution in [3.63, 3.8) is 0 Å². The molecule has 0 aliphatic heterocycles. The highest BCUT2D eigenvalue weighted by Gasteiger charge is 2.46. The van der Waals surface area contributed by atoms with Crippen molar-refractivity contribution in [2.75, 3.05) is 4.90 Å². The first-order valence-electron chi connectivity index (χ1n) is 23.1. The van der Waals surface area contributed by atoms with Gasteiger partial charge in [-0.25, -0.2) is 0 Å². The standard InChI is InChI=1S/C65H43NO/c1-4-18-44(19-5-1)46-22-16-23-47(40-46)45-34-36-52(37-35-45)66(62-33-15-13-29-56(62)57-30-17-31-58-59-41-48-20-10-11-21-49(48)42-63(59)67-64(57)58)53-38-39-55-54-28-12-14-32-60(54)65(61(55)43-53,50-24-6-2-7-25-50)51-26-8-3-9-27-51/h1-43H. The Hall–Kier alpha value is -8.72. The number of para-hydroxylation sites is 2. The predicted molar refractivity (Wildman–Crippen MR) is 280 cm³/mol. The van der Waals surface area contributed by atoms with Crippen LogP contribution in [0.5, 0.6) is 0 Å². The fraction of sp³-hybridized carbons (Fsp3) is 0.0154. The van der Waals surface area contributed by atoms with Gasteiger partial charge in [-0.3, -0.25) is 0 Å². The number of furan rings is 1. The van der Waals surface area contributed by atoms with Crippen molar-refractivity contribution < 1.29 is 4.42 Å². The van der Waals surface area contributed by atoms with Crippen molar-refractivity contribution in [1.82, 2.24) is 0 Å². The van der Waals surface area contributed by atoms with E-state index in [0.717, 1.165) is 55.7 Å². The highest BCUT2D eigenvalue weighted by atomic mass is 16.3. The summed E-state index contributed by atoms with van der Waals surface area (Å²) in [6.07, 6.45) is 0. The second-order valence-corrected chi connectivity index (χ2v) is 17.6. The van der Waals surface area contributed by atoms with Gasteiger partial charge in [-0.1, -0.05) is 212 Å². The van der Waals surface area contributed by atoms with Gasteiger partial charge in [-0.15, -0.1) is 0 Å². The lowest BCUT2D eigenvalue weighted by molar-refractivity contribution is 0.670. The van der Waals surface area contributed by atoms with E-state index in [1.807, 2.05) is 0 Å². The molecule has 67 heavy (non-hydrogen) atoms. The molecule has 0 radical (unpaired) electrons. The van der Waals surface area contributed by atoms with E-state index in [1.165, 1.54) is 60.8 Å². The number of hydrogen-bond donors (Lipinski definition) is 0. The lowest BCUT2D eigenvalue weighted by Gasteiger charge is -2.35. The summed E-state index contributed by atoms with van der Waals surface area (Å²) in [6.45, 7) is 0. The monoisotopic (exact) mass is 853 g/mol. The molecule has 1 heterocycles. The van der Waals surface area contributed by atoms with Crippen LogP contribution >= 0.6 is 0 Å². The summed E-state index contributed by atoms with van der Waals surface area (Å²) in [4.78, 5) is 2.44. The van der Waals surface area contributed by atoms with E-state index in [1.54, 1.807) is 0 Å². The van der Waals surface area contributed by atoms with Crippen LogP contribution in [-0.2, 0) is 5.41 Å². The van der Waals surface area contributed by atoms with Gasteiger partial charge in [0.1, 0.15) is 11.2 Å². The zero-order valence-corrected chi connectivity index (χ0v) is 36.7. The molecule has 0 N–H and O–H groups in total. The molecule has 0 amide bonds. The first-order chi connectivity index (χ1) is 33.2. The minimum atomic E-state index is -0.549. The lowest BCUT2D eigenvalue weighted by atomic mass is 9.67. The maximum atomic E-state index is 6.90. The van der Waals surface area contributed by atoms with Gasteiger partial charge in [0.25, 0.3) is 0 Å². The van der Waals surface area contributed by atoms with Crippen LogP contribution in [0.15, 0.2) is 265 Å². The molecule has 1 aliphatic carbocycles. The molecule has 11 aromatic carbocycles. The van der Waals surface area contributed by atoms with Gasteiger partial charge in [0, 0.05) is 33.3 Å². The molecule has 0 saturated heterocycles. The summed E-state index contributed by atoms with van der Waals surface area (Å²) in [5, 5.41) is 4.59. The van der Waals surface area contributed by atoms with E-state index in [0.29, 0.717) is 0 Å². The number of benzene rings is 11. The van der Waals surface area contributed by atoms with Crippen molar-refractivity contribution >= 4 is 49.8 Å². The number of rotatable bonds is 8. The van der Waals surface area contributed by atoms with Crippen LogP contribution in [0.1, 0.15) is 22.3 Å². The second kappa shape index (κ2) is 15.8. The third-order valence-electron chi connectivity index (χ3n) is 13.9. The van der Waals surface area contributed by atoms with E-state index in [4.69, 9.17) is 4.42 Å². The summed E-state index contributed by atoms with van der Waals surface area (Å²) in [7, 11) is 0. The Balaban J connectivity index is 1.03. The predicted octanol–water partition coefficient (Wildman–Crippen LogP) is 17.6. The molecule has 12 aromatic rings. The van der Waals surface area contributed by atoms with Gasteiger partial charge in [0.05, 0.1) is 11.1 Å². The molecule has 0 atom stereocenters. The SMILES string of the molecule is c1ccc(-c2cccc(-c3ccc(N(c4ccc5c(c4)C(c4ccccc4)(c4ccccc4)c4ccccc4-5)c4ccccc4-c4cccc5c4oc4cc6ccccc6cc45)cc3)c2)cc1. The maximum absolute atomic E-state index is 6.90. The van der Waals surface area contributed by atoms with Crippen LogP contribution < -0.4 is 4.90 Å². The molecular weight excluding hydrogens is 811 g/mol. The first-order valence-corrected chi connectivity index (χ1v) is 23.1. The first kappa shape index (κ1) is 38.7. The second-order valence-electron chi connectivity index (χ2n) is 17.6. The van der Waals surface area contributed by atoms with Crippen LogP contribution in [0.2, 0.25) is 0 Å². The van der Waals surface area contributed by atoms with Gasteiger partial charge >= 0.3 is 0 Å². The number of anilines is 3. The Labute approximate surface area is 390 Å². The summed E-state index contributed by atoms with van der Waals surface area (Å²) >= 11 is 0. The summed E-state index contributed by atoms with van der Waals surface area (Å²) in [5.74, 6) is 0. The van der Waals surface area contributed by atoms with Crippen molar-refractivity contribution in [3.8, 4) is 44.5 Å². The topological polar surface area (TPSA) is 16.4 Å². The number of nitrogens with zero attached hydrogens (tertiary/aromatic N) is 1. The maximum Gasteiger partial charge on any atom is 0.143 e. The Morgan fingerprint density at radius 3 is 1.58 bits per heavy atom. The fourth-order valence-corrected chi connectivity index (χ4v) is 10.9. The van der Waals surface area contributed by atoms with Gasteiger partial charge in [-0.05, 0) is 115 Å². The minimum absolute atomic E-state index is 0.549. The van der Waals surface area contributed by atoms with E-state index >= 15 is 0 Å². The third kappa shape index (κ3) is 6.26. The van der Waals surface area contributed by atoms with E-state index in [9.17, 15) is 0 Å². The smallest absolute Gasteiger partial charge is 0.143 e. The zero-order valence-electron chi connectivity index (χ0n) is 36.7. The van der Waals surface area contributed by atoms with E-state index in [2.05, 4.69) is 266 Å². The van der Waals surface area contributed by atoms with Gasteiger partial charge in [0.15, 0.2) is 0 Å². The Kier molecular flexibility index (Phi) is 9.11. The molecule has 1 aliphatic rings. The number of fused-ring (bicyclic) bond motifs is 7. The Bertz CT molecular complexity index is 3760. The molecule has 0 unspecified atom stereocenters. The summed E-state index contributed by atoms with van der Waals surface area (Å²) in [5.41, 5.74) is 18.8. The molecule has 314 valence electrons. The molecule has 2 nitrogen and oxygen atoms in total. The fourth-order valence-electron chi connectivity index (χ4n) is 10.9. The van der Waals surface area contributed by atoms with Crippen LogP contribution in [0, 0.1) is 0 Å². The molecule has 2 heteroatoms. The minimum Gasteiger partial charge on any atom is -0.455 e. The van der Waals surface area contributed by atoms with Crippen molar-refractivity contribution in [3.05, 3.63) is 283 Å². The molecule has 13 rings (SSSR count). The highest BCUT2D eigenvalue weighted by molar-refractivity contribution is 6.14. The zero-order chi connectivity index (χ0) is 44.3. The molecule has 0 bridgehead atoms. The van der Waals surface area contributed by atoms with Crippen molar-refractivity contribution in [2.24, 2.45) is 0 Å². The third-order valence-corrected chi connectivity index (χ3v) is 13.9. The Morgan fingerprint density at radius 2 is 0.851 bits per heavy atom. The highest BCUT2D eigenvalue weighted by Crippen LogP contribution is 2.57. The van der Waals surface area contributed by atoms with Gasteiger partial charge in [0.2, 0.25) is 0 Å². The van der Waals surface area contributed by atoms with Crippen LogP contribution in [0.3, 0.4) is 0 Å². The van der Waals surface area contributed by atoms with E-state index < -0.39 is 5.41 Å². The lowest BCUT2D eigenvalue weighted by Crippen LogP contribution is -2.28. The molecule has 1 aromatic heterocycles.